The van der Waals surface area contributed by atoms with Crippen LogP contribution in [-0.2, 0) is 9.59 Å². The molecule has 29 heavy (non-hydrogen) atoms. The molecule has 2 aromatic carbocycles. The van der Waals surface area contributed by atoms with Crippen molar-refractivity contribution in [2.45, 2.75) is 12.8 Å². The second-order valence-corrected chi connectivity index (χ2v) is 7.03. The van der Waals surface area contributed by atoms with E-state index in [4.69, 9.17) is 9.84 Å². The van der Waals surface area contributed by atoms with Gasteiger partial charge in [-0.25, -0.2) is 4.79 Å². The molecule has 1 N–H and O–H groups in total. The summed E-state index contributed by atoms with van der Waals surface area (Å²) in [6, 6.07) is 15.8. The van der Waals surface area contributed by atoms with Crippen LogP contribution in [0.2, 0.25) is 0 Å². The summed E-state index contributed by atoms with van der Waals surface area (Å²) in [6.07, 6.45) is 1.52. The molecular formula is C22H24N2O5. The molecule has 1 saturated heterocycles. The summed E-state index contributed by atoms with van der Waals surface area (Å²) in [5.74, 6) is -0.979. The molecule has 1 heterocycles. The summed E-state index contributed by atoms with van der Waals surface area (Å²) in [6.45, 7) is 0.634. The molecule has 0 saturated carbocycles. The molecule has 152 valence electrons. The average Bonchev–Trinajstić information content (AvgIpc) is 2.77. The molecule has 2 aromatic rings. The number of carboxylic acids is 1. The number of ether oxygens (including phenoxy) is 1. The molecule has 0 spiro atoms. The van der Waals surface area contributed by atoms with Crippen LogP contribution in [0.5, 0.6) is 5.75 Å². The zero-order valence-electron chi connectivity index (χ0n) is 16.3. The summed E-state index contributed by atoms with van der Waals surface area (Å²) < 4.78 is 5.11. The lowest BCUT2D eigenvalue weighted by Gasteiger charge is -2.34. The number of amides is 2. The average molecular weight is 396 g/mol. The molecule has 7 heteroatoms. The van der Waals surface area contributed by atoms with E-state index in [-0.39, 0.29) is 17.7 Å². The van der Waals surface area contributed by atoms with Crippen molar-refractivity contribution in [2.75, 3.05) is 31.6 Å². The highest BCUT2D eigenvalue weighted by atomic mass is 16.5. The van der Waals surface area contributed by atoms with Crippen LogP contribution >= 0.6 is 0 Å². The lowest BCUT2D eigenvalue weighted by molar-refractivity contribution is -0.139. The van der Waals surface area contributed by atoms with E-state index >= 15 is 0 Å². The first-order chi connectivity index (χ1) is 14.0. The number of nitrogens with zero attached hydrogens (tertiary/aromatic N) is 2. The molecule has 1 unspecified atom stereocenters. The maximum Gasteiger partial charge on any atom is 0.341 e. The van der Waals surface area contributed by atoms with Gasteiger partial charge >= 0.3 is 5.97 Å². The third-order valence-electron chi connectivity index (χ3n) is 5.00. The van der Waals surface area contributed by atoms with Crippen LogP contribution in [-0.4, -0.2) is 54.5 Å². The van der Waals surface area contributed by atoms with Crippen LogP contribution in [0.1, 0.15) is 23.2 Å². The minimum Gasteiger partial charge on any atom is -0.482 e. The van der Waals surface area contributed by atoms with Crippen LogP contribution in [0.25, 0.3) is 0 Å². The molecular weight excluding hydrogens is 372 g/mol. The molecule has 0 radical (unpaired) electrons. The zero-order valence-corrected chi connectivity index (χ0v) is 16.3. The largest absolute Gasteiger partial charge is 0.482 e. The first-order valence-corrected chi connectivity index (χ1v) is 9.52. The molecule has 1 aliphatic rings. The molecule has 1 fully saturated rings. The quantitative estimate of drug-likeness (QED) is 0.811. The lowest BCUT2D eigenvalue weighted by Crippen LogP contribution is -2.46. The van der Waals surface area contributed by atoms with Crippen LogP contribution in [0.3, 0.4) is 0 Å². The van der Waals surface area contributed by atoms with E-state index in [0.29, 0.717) is 30.1 Å². The number of carboxylic acid groups (broad SMARTS) is 1. The number of benzene rings is 2. The predicted octanol–water partition coefficient (Wildman–Crippen LogP) is 2.67. The number of carbonyl (C=O) groups excluding carboxylic acids is 2. The Bertz CT molecular complexity index is 867. The van der Waals surface area contributed by atoms with Gasteiger partial charge in [0.15, 0.2) is 6.61 Å². The Kier molecular flexibility index (Phi) is 6.49. The van der Waals surface area contributed by atoms with Crippen molar-refractivity contribution in [3.63, 3.8) is 0 Å². The molecule has 0 bridgehead atoms. The first kappa shape index (κ1) is 20.4. The van der Waals surface area contributed by atoms with Gasteiger partial charge in [0.2, 0.25) is 5.91 Å². The summed E-state index contributed by atoms with van der Waals surface area (Å²) in [4.78, 5) is 39.6. The Labute approximate surface area is 169 Å². The van der Waals surface area contributed by atoms with Crippen molar-refractivity contribution in [2.24, 2.45) is 5.92 Å². The third-order valence-corrected chi connectivity index (χ3v) is 5.00. The number of hydrogen-bond acceptors (Lipinski definition) is 4. The highest BCUT2D eigenvalue weighted by molar-refractivity contribution is 5.97. The second kappa shape index (κ2) is 9.23. The maximum atomic E-state index is 13.0. The van der Waals surface area contributed by atoms with Gasteiger partial charge in [0.25, 0.3) is 5.91 Å². The van der Waals surface area contributed by atoms with E-state index in [1.807, 2.05) is 18.2 Å². The minimum atomic E-state index is -1.05. The maximum absolute atomic E-state index is 13.0. The fraction of sp³-hybridized carbons (Fsp3) is 0.318. The van der Waals surface area contributed by atoms with Gasteiger partial charge in [0.05, 0.1) is 5.92 Å². The Hall–Kier alpha value is -3.35. The number of carbonyl (C=O) groups is 3. The smallest absolute Gasteiger partial charge is 0.341 e. The fourth-order valence-electron chi connectivity index (χ4n) is 3.44. The topological polar surface area (TPSA) is 87.2 Å². The lowest BCUT2D eigenvalue weighted by atomic mass is 9.95. The van der Waals surface area contributed by atoms with Crippen molar-refractivity contribution < 1.29 is 24.2 Å². The molecule has 0 aromatic heterocycles. The van der Waals surface area contributed by atoms with E-state index < -0.39 is 12.6 Å². The Morgan fingerprint density at radius 3 is 2.45 bits per heavy atom. The first-order valence-electron chi connectivity index (χ1n) is 9.52. The highest BCUT2D eigenvalue weighted by Gasteiger charge is 2.31. The van der Waals surface area contributed by atoms with Crippen LogP contribution in [0.4, 0.5) is 5.69 Å². The number of likely N-dealkylation sites (tertiary alicyclic amines) is 1. The van der Waals surface area contributed by atoms with Gasteiger partial charge in [0.1, 0.15) is 5.75 Å². The number of rotatable bonds is 6. The number of anilines is 1. The standard InChI is InChI=1S/C22H24N2O5/c1-23(18-9-11-19(12-10-18)29-15-20(25)26)21(27)17-8-5-13-24(14-17)22(28)16-6-3-2-4-7-16/h2-4,6-7,9-12,17H,5,8,13-15H2,1H3,(H,25,26). The SMILES string of the molecule is CN(C(=O)C1CCCN(C(=O)c2ccccc2)C1)c1ccc(OCC(=O)O)cc1. The van der Waals surface area contributed by atoms with Crippen molar-refractivity contribution in [1.29, 1.82) is 0 Å². The molecule has 1 atom stereocenters. The van der Waals surface area contributed by atoms with E-state index in [1.165, 1.54) is 0 Å². The molecule has 1 aliphatic heterocycles. The van der Waals surface area contributed by atoms with Crippen LogP contribution < -0.4 is 9.64 Å². The number of piperidine rings is 1. The van der Waals surface area contributed by atoms with Crippen molar-refractivity contribution in [1.82, 2.24) is 4.90 Å². The molecule has 3 rings (SSSR count). The van der Waals surface area contributed by atoms with E-state index in [0.717, 1.165) is 12.8 Å². The fourth-order valence-corrected chi connectivity index (χ4v) is 3.44. The van der Waals surface area contributed by atoms with E-state index in [2.05, 4.69) is 0 Å². The predicted molar refractivity (Wildman–Crippen MR) is 108 cm³/mol. The van der Waals surface area contributed by atoms with Gasteiger partial charge in [-0.3, -0.25) is 9.59 Å². The zero-order chi connectivity index (χ0) is 20.8. The van der Waals surface area contributed by atoms with E-state index in [1.54, 1.807) is 53.2 Å². The van der Waals surface area contributed by atoms with Gasteiger partial charge < -0.3 is 19.6 Å². The number of aliphatic carboxylic acids is 1. The monoisotopic (exact) mass is 396 g/mol. The van der Waals surface area contributed by atoms with Gasteiger partial charge in [0, 0.05) is 31.4 Å². The van der Waals surface area contributed by atoms with Gasteiger partial charge in [-0.2, -0.15) is 0 Å². The highest BCUT2D eigenvalue weighted by Crippen LogP contribution is 2.24. The van der Waals surface area contributed by atoms with Crippen molar-refractivity contribution >= 4 is 23.5 Å². The van der Waals surface area contributed by atoms with Crippen molar-refractivity contribution in [3.8, 4) is 5.75 Å². The summed E-state index contributed by atoms with van der Waals surface area (Å²) >= 11 is 0. The minimum absolute atomic E-state index is 0.0465. The summed E-state index contributed by atoms with van der Waals surface area (Å²) in [5, 5.41) is 8.66. The van der Waals surface area contributed by atoms with Gasteiger partial charge in [-0.05, 0) is 49.2 Å². The number of hydrogen-bond donors (Lipinski definition) is 1. The summed E-state index contributed by atoms with van der Waals surface area (Å²) in [7, 11) is 1.70. The molecule has 2 amide bonds. The third kappa shape index (κ3) is 5.13. The summed E-state index contributed by atoms with van der Waals surface area (Å²) in [5.41, 5.74) is 1.31. The van der Waals surface area contributed by atoms with Gasteiger partial charge in [-0.1, -0.05) is 18.2 Å². The van der Waals surface area contributed by atoms with Gasteiger partial charge in [-0.15, -0.1) is 0 Å². The second-order valence-electron chi connectivity index (χ2n) is 7.03. The van der Waals surface area contributed by atoms with Crippen LogP contribution in [0, 0.1) is 5.92 Å². The normalized spacial score (nSPS) is 16.2. The Morgan fingerprint density at radius 1 is 1.10 bits per heavy atom. The molecule has 0 aliphatic carbocycles. The Morgan fingerprint density at radius 2 is 1.79 bits per heavy atom. The van der Waals surface area contributed by atoms with E-state index in [9.17, 15) is 14.4 Å². The van der Waals surface area contributed by atoms with Crippen molar-refractivity contribution in [3.05, 3.63) is 60.2 Å². The van der Waals surface area contributed by atoms with Crippen LogP contribution in [0.15, 0.2) is 54.6 Å². The Balaban J connectivity index is 1.63. The molecule has 7 nitrogen and oxygen atoms in total.